The highest BCUT2D eigenvalue weighted by Gasteiger charge is 2.26. The number of nitrogens with one attached hydrogen (secondary N) is 1. The Morgan fingerprint density at radius 1 is 1.57 bits per heavy atom. The van der Waals surface area contributed by atoms with E-state index in [0.717, 1.165) is 13.0 Å². The lowest BCUT2D eigenvalue weighted by Crippen LogP contribution is -2.35. The van der Waals surface area contributed by atoms with Crippen LogP contribution < -0.4 is 5.32 Å². The topological polar surface area (TPSA) is 45.4 Å². The van der Waals surface area contributed by atoms with E-state index >= 15 is 0 Å². The number of furan rings is 1. The molecule has 0 spiro atoms. The maximum atomic E-state index is 10.0. The quantitative estimate of drug-likeness (QED) is 0.800. The SMILES string of the molecule is CCCNCC(C)(O)c1ccc(Br)o1. The van der Waals surface area contributed by atoms with Gasteiger partial charge in [-0.2, -0.15) is 0 Å². The van der Waals surface area contributed by atoms with Gasteiger partial charge in [0.1, 0.15) is 11.4 Å². The van der Waals surface area contributed by atoms with Crippen molar-refractivity contribution >= 4 is 15.9 Å². The summed E-state index contributed by atoms with van der Waals surface area (Å²) in [6.07, 6.45) is 1.05. The Kier molecular flexibility index (Phi) is 4.16. The molecule has 2 N–H and O–H groups in total. The fraction of sp³-hybridized carbons (Fsp3) is 0.600. The first-order valence-corrected chi connectivity index (χ1v) is 5.54. The van der Waals surface area contributed by atoms with Crippen LogP contribution in [0.15, 0.2) is 21.2 Å². The van der Waals surface area contributed by atoms with Crippen LogP contribution in [0.1, 0.15) is 26.0 Å². The third-order valence-corrected chi connectivity index (χ3v) is 2.43. The van der Waals surface area contributed by atoms with E-state index in [1.807, 2.05) is 0 Å². The van der Waals surface area contributed by atoms with Gasteiger partial charge >= 0.3 is 0 Å². The molecule has 0 saturated carbocycles. The van der Waals surface area contributed by atoms with E-state index in [1.165, 1.54) is 0 Å². The van der Waals surface area contributed by atoms with Crippen molar-refractivity contribution in [2.45, 2.75) is 25.9 Å². The van der Waals surface area contributed by atoms with Crippen molar-refractivity contribution in [3.63, 3.8) is 0 Å². The average Bonchev–Trinajstić information content (AvgIpc) is 2.53. The van der Waals surface area contributed by atoms with E-state index in [0.29, 0.717) is 17.0 Å². The lowest BCUT2D eigenvalue weighted by molar-refractivity contribution is 0.0337. The van der Waals surface area contributed by atoms with Gasteiger partial charge in [-0.15, -0.1) is 0 Å². The molecule has 0 bridgehead atoms. The highest BCUT2D eigenvalue weighted by Crippen LogP contribution is 2.24. The summed E-state index contributed by atoms with van der Waals surface area (Å²) in [5, 5.41) is 13.2. The van der Waals surface area contributed by atoms with Crippen LogP contribution in [0.2, 0.25) is 0 Å². The van der Waals surface area contributed by atoms with Gasteiger partial charge in [0.15, 0.2) is 4.67 Å². The molecule has 4 heteroatoms. The van der Waals surface area contributed by atoms with Gasteiger partial charge in [0.05, 0.1) is 0 Å². The molecule has 0 saturated heterocycles. The molecule has 1 rings (SSSR count). The molecular weight excluding hydrogens is 246 g/mol. The predicted molar refractivity (Wildman–Crippen MR) is 59.1 cm³/mol. The Labute approximate surface area is 92.6 Å². The van der Waals surface area contributed by atoms with Crippen LogP contribution in [0.4, 0.5) is 0 Å². The van der Waals surface area contributed by atoms with E-state index in [9.17, 15) is 5.11 Å². The maximum absolute atomic E-state index is 10.0. The lowest BCUT2D eigenvalue weighted by Gasteiger charge is -2.20. The van der Waals surface area contributed by atoms with Crippen molar-refractivity contribution in [3.05, 3.63) is 22.6 Å². The van der Waals surface area contributed by atoms with Crippen molar-refractivity contribution in [3.8, 4) is 0 Å². The predicted octanol–water partition coefficient (Wildman–Crippen LogP) is 2.25. The van der Waals surface area contributed by atoms with Crippen LogP contribution in [0.25, 0.3) is 0 Å². The van der Waals surface area contributed by atoms with Crippen LogP contribution in [-0.2, 0) is 5.60 Å². The standard InChI is InChI=1S/C10H16BrNO2/c1-3-6-12-7-10(2,13)8-4-5-9(11)14-8/h4-5,12-13H,3,6-7H2,1-2H3. The normalized spacial score (nSPS) is 15.4. The number of hydrogen-bond donors (Lipinski definition) is 2. The summed E-state index contributed by atoms with van der Waals surface area (Å²) in [6.45, 7) is 5.23. The van der Waals surface area contributed by atoms with Crippen LogP contribution in [0.5, 0.6) is 0 Å². The smallest absolute Gasteiger partial charge is 0.169 e. The Balaban J connectivity index is 2.56. The molecule has 0 aliphatic heterocycles. The summed E-state index contributed by atoms with van der Waals surface area (Å²) in [5.74, 6) is 0.577. The van der Waals surface area contributed by atoms with Gasteiger partial charge in [-0.1, -0.05) is 6.92 Å². The second kappa shape index (κ2) is 4.96. The molecule has 1 heterocycles. The van der Waals surface area contributed by atoms with Gasteiger partial charge in [-0.25, -0.2) is 0 Å². The van der Waals surface area contributed by atoms with E-state index in [1.54, 1.807) is 19.1 Å². The Bertz CT molecular complexity index is 283. The second-order valence-electron chi connectivity index (χ2n) is 3.55. The largest absolute Gasteiger partial charge is 0.451 e. The minimum Gasteiger partial charge on any atom is -0.451 e. The minimum atomic E-state index is -0.943. The van der Waals surface area contributed by atoms with Crippen LogP contribution >= 0.6 is 15.9 Å². The average molecular weight is 262 g/mol. The second-order valence-corrected chi connectivity index (χ2v) is 4.34. The molecule has 0 fully saturated rings. The highest BCUT2D eigenvalue weighted by atomic mass is 79.9. The van der Waals surface area contributed by atoms with Crippen molar-refractivity contribution in [1.82, 2.24) is 5.32 Å². The molecule has 0 radical (unpaired) electrons. The fourth-order valence-corrected chi connectivity index (χ4v) is 1.51. The summed E-state index contributed by atoms with van der Waals surface area (Å²) >= 11 is 3.21. The molecule has 3 nitrogen and oxygen atoms in total. The first kappa shape index (κ1) is 11.8. The number of rotatable bonds is 5. The molecule has 0 aliphatic carbocycles. The van der Waals surface area contributed by atoms with Gasteiger partial charge < -0.3 is 14.8 Å². The van der Waals surface area contributed by atoms with Crippen LogP contribution in [0, 0.1) is 0 Å². The number of halogens is 1. The first-order chi connectivity index (χ1) is 6.56. The van der Waals surface area contributed by atoms with E-state index in [-0.39, 0.29) is 0 Å². The van der Waals surface area contributed by atoms with E-state index < -0.39 is 5.60 Å². The minimum absolute atomic E-state index is 0.501. The molecule has 14 heavy (non-hydrogen) atoms. The molecule has 1 unspecified atom stereocenters. The molecule has 1 atom stereocenters. The summed E-state index contributed by atoms with van der Waals surface area (Å²) in [5.41, 5.74) is -0.943. The van der Waals surface area contributed by atoms with E-state index in [2.05, 4.69) is 28.2 Å². The Morgan fingerprint density at radius 2 is 2.29 bits per heavy atom. The molecular formula is C10H16BrNO2. The van der Waals surface area contributed by atoms with Crippen LogP contribution in [0.3, 0.4) is 0 Å². The third-order valence-electron chi connectivity index (χ3n) is 2.00. The van der Waals surface area contributed by atoms with Gasteiger partial charge in [0.2, 0.25) is 0 Å². The van der Waals surface area contributed by atoms with Crippen molar-refractivity contribution in [2.24, 2.45) is 0 Å². The molecule has 80 valence electrons. The summed E-state index contributed by atoms with van der Waals surface area (Å²) < 4.78 is 5.95. The highest BCUT2D eigenvalue weighted by molar-refractivity contribution is 9.10. The zero-order chi connectivity index (χ0) is 10.6. The van der Waals surface area contributed by atoms with E-state index in [4.69, 9.17) is 4.42 Å². The molecule has 0 amide bonds. The monoisotopic (exact) mass is 261 g/mol. The van der Waals surface area contributed by atoms with Gasteiger partial charge in [-0.3, -0.25) is 0 Å². The summed E-state index contributed by atoms with van der Waals surface area (Å²) in [7, 11) is 0. The van der Waals surface area contributed by atoms with Crippen molar-refractivity contribution in [2.75, 3.05) is 13.1 Å². The van der Waals surface area contributed by atoms with Gasteiger partial charge in [0.25, 0.3) is 0 Å². The van der Waals surface area contributed by atoms with Gasteiger partial charge in [0, 0.05) is 6.54 Å². The van der Waals surface area contributed by atoms with Gasteiger partial charge in [-0.05, 0) is 48.0 Å². The maximum Gasteiger partial charge on any atom is 0.169 e. The summed E-state index contributed by atoms with van der Waals surface area (Å²) in [4.78, 5) is 0. The molecule has 0 aromatic carbocycles. The molecule has 1 aromatic heterocycles. The molecule has 0 aliphatic rings. The zero-order valence-electron chi connectivity index (χ0n) is 8.51. The first-order valence-electron chi connectivity index (χ1n) is 4.75. The Morgan fingerprint density at radius 3 is 2.79 bits per heavy atom. The Hall–Kier alpha value is -0.320. The number of hydrogen-bond acceptors (Lipinski definition) is 3. The zero-order valence-corrected chi connectivity index (χ0v) is 10.1. The fourth-order valence-electron chi connectivity index (χ4n) is 1.20. The van der Waals surface area contributed by atoms with Crippen molar-refractivity contribution < 1.29 is 9.52 Å². The number of aliphatic hydroxyl groups is 1. The molecule has 1 aromatic rings. The van der Waals surface area contributed by atoms with Crippen molar-refractivity contribution in [1.29, 1.82) is 0 Å². The summed E-state index contributed by atoms with van der Waals surface area (Å²) in [6, 6.07) is 3.56. The third kappa shape index (κ3) is 3.12. The van der Waals surface area contributed by atoms with Crippen LogP contribution in [-0.4, -0.2) is 18.2 Å². The lowest BCUT2D eigenvalue weighted by atomic mass is 10.0.